The van der Waals surface area contributed by atoms with Gasteiger partial charge in [0.2, 0.25) is 0 Å². The van der Waals surface area contributed by atoms with Gasteiger partial charge in [-0.25, -0.2) is 0 Å². The Kier molecular flexibility index (Phi) is 4.95. The molecule has 0 radical (unpaired) electrons. The van der Waals surface area contributed by atoms with Crippen LogP contribution in [0.5, 0.6) is 5.75 Å². The first-order valence-corrected chi connectivity index (χ1v) is 8.43. The van der Waals surface area contributed by atoms with Crippen LogP contribution in [0.2, 0.25) is 0 Å². The number of fused-ring (bicyclic) bond motifs is 1. The van der Waals surface area contributed by atoms with E-state index in [0.717, 1.165) is 0 Å². The highest BCUT2D eigenvalue weighted by Crippen LogP contribution is 2.40. The third-order valence-electron chi connectivity index (χ3n) is 4.27. The highest BCUT2D eigenvalue weighted by Gasteiger charge is 2.38. The lowest BCUT2D eigenvalue weighted by Crippen LogP contribution is -2.45. The molecule has 2 amide bonds. The molecule has 0 atom stereocenters. The van der Waals surface area contributed by atoms with Gasteiger partial charge in [-0.05, 0) is 44.2 Å². The fourth-order valence-electron chi connectivity index (χ4n) is 2.72. The van der Waals surface area contributed by atoms with Crippen molar-refractivity contribution in [3.63, 3.8) is 0 Å². The Balaban J connectivity index is 1.99. The van der Waals surface area contributed by atoms with Gasteiger partial charge >= 0.3 is 12.4 Å². The molecule has 0 aliphatic carbocycles. The lowest BCUT2D eigenvalue weighted by molar-refractivity contribution is -0.143. The van der Waals surface area contributed by atoms with Crippen LogP contribution in [0.15, 0.2) is 36.4 Å². The van der Waals surface area contributed by atoms with Gasteiger partial charge in [0.15, 0.2) is 5.60 Å². The summed E-state index contributed by atoms with van der Waals surface area (Å²) in [4.78, 5) is 24.6. The SMILES string of the molecule is CC1(C)Oc2cccc(NC(=O)c3cc(C(F)(F)F)cc(C(F)(F)F)c3)c2NC1=O. The summed E-state index contributed by atoms with van der Waals surface area (Å²) in [5, 5.41) is 4.73. The zero-order chi connectivity index (χ0) is 22.5. The predicted molar refractivity (Wildman–Crippen MR) is 94.2 cm³/mol. The van der Waals surface area contributed by atoms with E-state index in [1.165, 1.54) is 32.0 Å². The van der Waals surface area contributed by atoms with Crippen LogP contribution in [0.1, 0.15) is 35.3 Å². The molecule has 11 heteroatoms. The smallest absolute Gasteiger partial charge is 0.416 e. The number of carbonyl (C=O) groups is 2. The van der Waals surface area contributed by atoms with E-state index < -0.39 is 46.5 Å². The van der Waals surface area contributed by atoms with Crippen LogP contribution < -0.4 is 15.4 Å². The van der Waals surface area contributed by atoms with Crippen molar-refractivity contribution in [3.8, 4) is 5.75 Å². The molecule has 0 fully saturated rings. The summed E-state index contributed by atoms with van der Waals surface area (Å²) >= 11 is 0. The third kappa shape index (κ3) is 4.19. The fourth-order valence-corrected chi connectivity index (χ4v) is 2.72. The first kappa shape index (κ1) is 21.5. The van der Waals surface area contributed by atoms with E-state index in [1.54, 1.807) is 0 Å². The number of nitrogens with one attached hydrogen (secondary N) is 2. The van der Waals surface area contributed by atoms with Crippen molar-refractivity contribution in [2.75, 3.05) is 10.6 Å². The van der Waals surface area contributed by atoms with E-state index in [1.807, 2.05) is 0 Å². The molecule has 30 heavy (non-hydrogen) atoms. The minimum atomic E-state index is -5.09. The molecular formula is C19H14F6N2O3. The largest absolute Gasteiger partial charge is 0.476 e. The van der Waals surface area contributed by atoms with Crippen molar-refractivity contribution in [2.24, 2.45) is 0 Å². The molecule has 1 heterocycles. The molecule has 2 aromatic carbocycles. The number of halogens is 6. The summed E-state index contributed by atoms with van der Waals surface area (Å²) in [5.41, 5.74) is -5.30. The molecule has 1 aliphatic rings. The summed E-state index contributed by atoms with van der Waals surface area (Å²) in [5.74, 6) is -1.59. The molecule has 1 aliphatic heterocycles. The number of anilines is 2. The Morgan fingerprint density at radius 1 is 1.00 bits per heavy atom. The van der Waals surface area contributed by atoms with E-state index >= 15 is 0 Å². The van der Waals surface area contributed by atoms with Gasteiger partial charge in [-0.15, -0.1) is 0 Å². The summed E-state index contributed by atoms with van der Waals surface area (Å²) in [6.07, 6.45) is -10.2. The number of amides is 2. The Labute approximate surface area is 166 Å². The van der Waals surface area contributed by atoms with Gasteiger partial charge in [0, 0.05) is 5.56 Å². The van der Waals surface area contributed by atoms with Gasteiger partial charge in [-0.3, -0.25) is 9.59 Å². The van der Waals surface area contributed by atoms with E-state index in [4.69, 9.17) is 4.74 Å². The second-order valence-corrected chi connectivity index (χ2v) is 6.99. The maximum atomic E-state index is 13.0. The maximum Gasteiger partial charge on any atom is 0.416 e. The quantitative estimate of drug-likeness (QED) is 0.650. The van der Waals surface area contributed by atoms with Crippen molar-refractivity contribution >= 4 is 23.2 Å². The van der Waals surface area contributed by atoms with Gasteiger partial charge in [0.1, 0.15) is 11.4 Å². The topological polar surface area (TPSA) is 67.4 Å². The number of rotatable bonds is 2. The van der Waals surface area contributed by atoms with Gasteiger partial charge in [0.05, 0.1) is 16.8 Å². The number of benzene rings is 2. The van der Waals surface area contributed by atoms with E-state index in [-0.39, 0.29) is 23.2 Å². The van der Waals surface area contributed by atoms with Crippen LogP contribution >= 0.6 is 0 Å². The molecule has 0 saturated heterocycles. The number of ether oxygens (including phenoxy) is 1. The van der Waals surface area contributed by atoms with E-state index in [9.17, 15) is 35.9 Å². The molecule has 0 spiro atoms. The van der Waals surface area contributed by atoms with Crippen LogP contribution in [-0.2, 0) is 17.1 Å². The highest BCUT2D eigenvalue weighted by molar-refractivity contribution is 6.10. The van der Waals surface area contributed by atoms with Gasteiger partial charge in [0.25, 0.3) is 11.8 Å². The number of para-hydroxylation sites is 1. The number of hydrogen-bond acceptors (Lipinski definition) is 3. The van der Waals surface area contributed by atoms with Gasteiger partial charge < -0.3 is 15.4 Å². The molecule has 0 aromatic heterocycles. The predicted octanol–water partition coefficient (Wildman–Crippen LogP) is 5.09. The van der Waals surface area contributed by atoms with Crippen molar-refractivity contribution in [1.82, 2.24) is 0 Å². The highest BCUT2D eigenvalue weighted by atomic mass is 19.4. The maximum absolute atomic E-state index is 13.0. The minimum absolute atomic E-state index is 0.0400. The molecule has 2 N–H and O–H groups in total. The molecule has 0 bridgehead atoms. The van der Waals surface area contributed by atoms with Crippen LogP contribution in [0.3, 0.4) is 0 Å². The monoisotopic (exact) mass is 432 g/mol. The first-order valence-electron chi connectivity index (χ1n) is 8.43. The van der Waals surface area contributed by atoms with Gasteiger partial charge in [-0.1, -0.05) is 6.07 Å². The summed E-state index contributed by atoms with van der Waals surface area (Å²) in [6.45, 7) is 3.00. The summed E-state index contributed by atoms with van der Waals surface area (Å²) in [6, 6.07) is 4.80. The van der Waals surface area contributed by atoms with E-state index in [2.05, 4.69) is 10.6 Å². The van der Waals surface area contributed by atoms with Crippen LogP contribution in [0.4, 0.5) is 37.7 Å². The molecule has 5 nitrogen and oxygen atoms in total. The second-order valence-electron chi connectivity index (χ2n) is 6.99. The molecule has 3 rings (SSSR count). The lowest BCUT2D eigenvalue weighted by atomic mass is 10.0. The molecule has 0 saturated carbocycles. The van der Waals surface area contributed by atoms with Crippen LogP contribution in [0.25, 0.3) is 0 Å². The number of hydrogen-bond donors (Lipinski definition) is 2. The van der Waals surface area contributed by atoms with Crippen molar-refractivity contribution in [1.29, 1.82) is 0 Å². The summed E-state index contributed by atoms with van der Waals surface area (Å²) < 4.78 is 83.6. The Hall–Kier alpha value is -3.24. The van der Waals surface area contributed by atoms with E-state index in [0.29, 0.717) is 12.1 Å². The zero-order valence-corrected chi connectivity index (χ0v) is 15.5. The Bertz CT molecular complexity index is 996. The molecule has 0 unspecified atom stereocenters. The van der Waals surface area contributed by atoms with Crippen LogP contribution in [0, 0.1) is 0 Å². The first-order chi connectivity index (χ1) is 13.7. The normalized spacial score (nSPS) is 15.7. The van der Waals surface area contributed by atoms with Gasteiger partial charge in [-0.2, -0.15) is 26.3 Å². The molecular weight excluding hydrogens is 418 g/mol. The minimum Gasteiger partial charge on any atom is -0.476 e. The Morgan fingerprint density at radius 3 is 2.10 bits per heavy atom. The summed E-state index contributed by atoms with van der Waals surface area (Å²) in [7, 11) is 0. The number of alkyl halides is 6. The average molecular weight is 432 g/mol. The lowest BCUT2D eigenvalue weighted by Gasteiger charge is -2.32. The standard InChI is InChI=1S/C19H14F6N2O3/c1-17(2)16(29)27-14-12(4-3-5-13(14)30-17)26-15(28)9-6-10(18(20,21)22)8-11(7-9)19(23,24)25/h3-8H,1-2H3,(H,26,28)(H,27,29). The molecule has 2 aromatic rings. The van der Waals surface area contributed by atoms with Crippen molar-refractivity contribution < 1.29 is 40.7 Å². The molecule has 160 valence electrons. The van der Waals surface area contributed by atoms with Crippen molar-refractivity contribution in [2.45, 2.75) is 31.8 Å². The number of carbonyl (C=O) groups excluding carboxylic acids is 2. The van der Waals surface area contributed by atoms with Crippen LogP contribution in [-0.4, -0.2) is 17.4 Å². The van der Waals surface area contributed by atoms with Crippen molar-refractivity contribution in [3.05, 3.63) is 53.1 Å². The average Bonchev–Trinajstić information content (AvgIpc) is 2.61. The zero-order valence-electron chi connectivity index (χ0n) is 15.5. The fraction of sp³-hybridized carbons (Fsp3) is 0.263. The third-order valence-corrected chi connectivity index (χ3v) is 4.27. The second kappa shape index (κ2) is 6.92. The Morgan fingerprint density at radius 2 is 1.57 bits per heavy atom.